The molecule has 0 saturated carbocycles. The zero-order valence-corrected chi connectivity index (χ0v) is 14.1. The Balaban J connectivity index is 1.66. The predicted molar refractivity (Wildman–Crippen MR) is 93.3 cm³/mol. The molecule has 0 atom stereocenters. The van der Waals surface area contributed by atoms with Crippen LogP contribution in [0.5, 0.6) is 0 Å². The van der Waals surface area contributed by atoms with Gasteiger partial charge in [0.2, 0.25) is 5.95 Å². The first-order valence-corrected chi connectivity index (χ1v) is 8.22. The molecule has 0 unspecified atom stereocenters. The van der Waals surface area contributed by atoms with Crippen molar-refractivity contribution >= 4 is 17.7 Å². The lowest BCUT2D eigenvalue weighted by molar-refractivity contribution is 0.0740. The van der Waals surface area contributed by atoms with Crippen LogP contribution in [0, 0.1) is 6.92 Å². The molecule has 1 fully saturated rings. The Kier molecular flexibility index (Phi) is 4.88. The molecule has 1 amide bonds. The standard InChI is InChI=1S/C17H22N6O/c1-3-18-15-12-13(2)20-17(21-15)23-10-8-22(9-11-23)16(24)14-6-4-5-7-19-14/h4-7,12H,3,8-11H2,1-2H3,(H,18,20,21). The zero-order chi connectivity index (χ0) is 16.9. The molecule has 24 heavy (non-hydrogen) atoms. The topological polar surface area (TPSA) is 74.2 Å². The van der Waals surface area contributed by atoms with Crippen LogP contribution >= 0.6 is 0 Å². The monoisotopic (exact) mass is 326 g/mol. The molecule has 0 bridgehead atoms. The van der Waals surface area contributed by atoms with Crippen molar-refractivity contribution in [1.82, 2.24) is 19.9 Å². The fourth-order valence-corrected chi connectivity index (χ4v) is 2.73. The SMILES string of the molecule is CCNc1cc(C)nc(N2CCN(C(=O)c3ccccn3)CC2)n1. The van der Waals surface area contributed by atoms with Gasteiger partial charge in [-0.25, -0.2) is 4.98 Å². The van der Waals surface area contributed by atoms with Crippen LogP contribution in [-0.4, -0.2) is 58.5 Å². The van der Waals surface area contributed by atoms with Crippen LogP contribution in [-0.2, 0) is 0 Å². The predicted octanol–water partition coefficient (Wildman–Crippen LogP) is 1.57. The lowest BCUT2D eigenvalue weighted by Crippen LogP contribution is -2.49. The van der Waals surface area contributed by atoms with Crippen LogP contribution in [0.25, 0.3) is 0 Å². The summed E-state index contributed by atoms with van der Waals surface area (Å²) in [5, 5.41) is 3.23. The molecule has 7 heteroatoms. The lowest BCUT2D eigenvalue weighted by atomic mass is 10.2. The van der Waals surface area contributed by atoms with Gasteiger partial charge in [0.05, 0.1) is 0 Å². The van der Waals surface area contributed by atoms with E-state index in [4.69, 9.17) is 0 Å². The molecule has 1 N–H and O–H groups in total. The van der Waals surface area contributed by atoms with E-state index in [-0.39, 0.29) is 5.91 Å². The van der Waals surface area contributed by atoms with E-state index in [0.29, 0.717) is 31.9 Å². The average Bonchev–Trinajstić information content (AvgIpc) is 2.62. The number of nitrogens with zero attached hydrogens (tertiary/aromatic N) is 5. The van der Waals surface area contributed by atoms with Gasteiger partial charge in [0, 0.05) is 50.7 Å². The molecule has 126 valence electrons. The van der Waals surface area contributed by atoms with Crippen LogP contribution in [0.15, 0.2) is 30.5 Å². The van der Waals surface area contributed by atoms with E-state index in [0.717, 1.165) is 24.0 Å². The minimum Gasteiger partial charge on any atom is -0.370 e. The minimum atomic E-state index is -0.0197. The summed E-state index contributed by atoms with van der Waals surface area (Å²) in [5.41, 5.74) is 1.43. The molecule has 1 aliphatic rings. The number of nitrogens with one attached hydrogen (secondary N) is 1. The number of carbonyl (C=O) groups excluding carboxylic acids is 1. The number of anilines is 2. The Labute approximate surface area is 141 Å². The number of carbonyl (C=O) groups is 1. The van der Waals surface area contributed by atoms with Crippen molar-refractivity contribution in [2.75, 3.05) is 42.9 Å². The van der Waals surface area contributed by atoms with E-state index >= 15 is 0 Å². The number of aromatic nitrogens is 3. The van der Waals surface area contributed by atoms with E-state index in [9.17, 15) is 4.79 Å². The average molecular weight is 326 g/mol. The molecule has 1 aliphatic heterocycles. The van der Waals surface area contributed by atoms with Gasteiger partial charge in [0.1, 0.15) is 11.5 Å². The maximum Gasteiger partial charge on any atom is 0.272 e. The summed E-state index contributed by atoms with van der Waals surface area (Å²) in [7, 11) is 0. The highest BCUT2D eigenvalue weighted by molar-refractivity contribution is 5.92. The van der Waals surface area contributed by atoms with E-state index in [1.54, 1.807) is 12.3 Å². The van der Waals surface area contributed by atoms with Crippen LogP contribution in [0.1, 0.15) is 23.1 Å². The van der Waals surface area contributed by atoms with Gasteiger partial charge in [0.15, 0.2) is 0 Å². The Bertz CT molecular complexity index is 697. The van der Waals surface area contributed by atoms with Crippen molar-refractivity contribution in [2.45, 2.75) is 13.8 Å². The zero-order valence-electron chi connectivity index (χ0n) is 14.1. The molecule has 3 rings (SSSR count). The van der Waals surface area contributed by atoms with E-state index < -0.39 is 0 Å². The largest absolute Gasteiger partial charge is 0.370 e. The molecule has 0 aliphatic carbocycles. The summed E-state index contributed by atoms with van der Waals surface area (Å²) in [6.07, 6.45) is 1.65. The third-order valence-corrected chi connectivity index (χ3v) is 3.93. The Morgan fingerprint density at radius 1 is 1.21 bits per heavy atom. The van der Waals surface area contributed by atoms with Crippen LogP contribution in [0.3, 0.4) is 0 Å². The highest BCUT2D eigenvalue weighted by Gasteiger charge is 2.24. The van der Waals surface area contributed by atoms with Crippen molar-refractivity contribution in [3.05, 3.63) is 41.9 Å². The molecule has 0 radical (unpaired) electrons. The number of piperazine rings is 1. The fourth-order valence-electron chi connectivity index (χ4n) is 2.73. The number of hydrogen-bond donors (Lipinski definition) is 1. The fraction of sp³-hybridized carbons (Fsp3) is 0.412. The van der Waals surface area contributed by atoms with Gasteiger partial charge in [-0.1, -0.05) is 6.07 Å². The minimum absolute atomic E-state index is 0.0197. The highest BCUT2D eigenvalue weighted by atomic mass is 16.2. The molecular weight excluding hydrogens is 304 g/mol. The third-order valence-electron chi connectivity index (χ3n) is 3.93. The van der Waals surface area contributed by atoms with Crippen molar-refractivity contribution in [3.8, 4) is 0 Å². The van der Waals surface area contributed by atoms with E-state index in [1.165, 1.54) is 0 Å². The van der Waals surface area contributed by atoms with Gasteiger partial charge < -0.3 is 15.1 Å². The van der Waals surface area contributed by atoms with E-state index in [2.05, 4.69) is 25.2 Å². The maximum atomic E-state index is 12.4. The first kappa shape index (κ1) is 16.2. The number of pyridine rings is 1. The van der Waals surface area contributed by atoms with Crippen LogP contribution in [0.4, 0.5) is 11.8 Å². The first-order chi connectivity index (χ1) is 11.7. The van der Waals surface area contributed by atoms with Crippen LogP contribution in [0.2, 0.25) is 0 Å². The quantitative estimate of drug-likeness (QED) is 0.919. The number of hydrogen-bond acceptors (Lipinski definition) is 6. The van der Waals surface area contributed by atoms with Crippen molar-refractivity contribution in [1.29, 1.82) is 0 Å². The Morgan fingerprint density at radius 2 is 2.00 bits per heavy atom. The first-order valence-electron chi connectivity index (χ1n) is 8.22. The Morgan fingerprint density at radius 3 is 2.67 bits per heavy atom. The molecule has 3 heterocycles. The van der Waals surface area contributed by atoms with Gasteiger partial charge in [-0.15, -0.1) is 0 Å². The van der Waals surface area contributed by atoms with Gasteiger partial charge in [-0.3, -0.25) is 9.78 Å². The van der Waals surface area contributed by atoms with Crippen LogP contribution < -0.4 is 10.2 Å². The van der Waals surface area contributed by atoms with Gasteiger partial charge in [0.25, 0.3) is 5.91 Å². The smallest absolute Gasteiger partial charge is 0.272 e. The number of rotatable bonds is 4. The summed E-state index contributed by atoms with van der Waals surface area (Å²) in [5.74, 6) is 1.54. The molecule has 2 aromatic heterocycles. The lowest BCUT2D eigenvalue weighted by Gasteiger charge is -2.34. The summed E-state index contributed by atoms with van der Waals surface area (Å²) < 4.78 is 0. The molecule has 2 aromatic rings. The van der Waals surface area contributed by atoms with E-state index in [1.807, 2.05) is 36.9 Å². The molecule has 0 spiro atoms. The summed E-state index contributed by atoms with van der Waals surface area (Å²) >= 11 is 0. The van der Waals surface area contributed by atoms with Gasteiger partial charge in [-0.05, 0) is 26.0 Å². The van der Waals surface area contributed by atoms with Crippen molar-refractivity contribution in [3.63, 3.8) is 0 Å². The van der Waals surface area contributed by atoms with Gasteiger partial charge >= 0.3 is 0 Å². The highest BCUT2D eigenvalue weighted by Crippen LogP contribution is 2.16. The number of amides is 1. The second-order valence-corrected chi connectivity index (χ2v) is 5.72. The second kappa shape index (κ2) is 7.25. The molecular formula is C17H22N6O. The normalized spacial score (nSPS) is 14.6. The van der Waals surface area contributed by atoms with Gasteiger partial charge in [-0.2, -0.15) is 4.98 Å². The summed E-state index contributed by atoms with van der Waals surface area (Å²) in [6, 6.07) is 7.33. The molecule has 1 saturated heterocycles. The second-order valence-electron chi connectivity index (χ2n) is 5.72. The summed E-state index contributed by atoms with van der Waals surface area (Å²) in [6.45, 7) is 7.54. The van der Waals surface area contributed by atoms with Crippen molar-refractivity contribution in [2.24, 2.45) is 0 Å². The number of aryl methyl sites for hydroxylation is 1. The van der Waals surface area contributed by atoms with Crippen molar-refractivity contribution < 1.29 is 4.79 Å². The summed E-state index contributed by atoms with van der Waals surface area (Å²) in [4.78, 5) is 29.6. The third kappa shape index (κ3) is 3.61. The molecule has 0 aromatic carbocycles. The Hall–Kier alpha value is -2.70. The maximum absolute atomic E-state index is 12.4. The molecule has 7 nitrogen and oxygen atoms in total.